The summed E-state index contributed by atoms with van der Waals surface area (Å²) in [5.74, 6) is -3.86. The van der Waals surface area contributed by atoms with Gasteiger partial charge < -0.3 is 23.7 Å². The van der Waals surface area contributed by atoms with Crippen molar-refractivity contribution in [2.45, 2.75) is 65.3 Å². The second kappa shape index (κ2) is 10.6. The summed E-state index contributed by atoms with van der Waals surface area (Å²) in [7, 11) is 0. The Balaban J connectivity index is 3.26. The normalized spacial score (nSPS) is 26.5. The zero-order valence-corrected chi connectivity index (χ0v) is 16.0. The molecule has 1 saturated heterocycles. The number of esters is 4. The monoisotopic (exact) mass is 406 g/mol. The third-order valence-corrected chi connectivity index (χ3v) is 3.21. The van der Waals surface area contributed by atoms with Crippen LogP contribution in [0.5, 0.6) is 0 Å². The first-order valence-electron chi connectivity index (χ1n) is 8.15. The average Bonchev–Trinajstić information content (AvgIpc) is 2.54. The highest BCUT2D eigenvalue weighted by atomic mass is 17.2. The summed E-state index contributed by atoms with van der Waals surface area (Å²) in [6, 6.07) is 0. The van der Waals surface area contributed by atoms with Gasteiger partial charge in [-0.1, -0.05) is 0 Å². The summed E-state index contributed by atoms with van der Waals surface area (Å²) in [4.78, 5) is 66.0. The molecule has 0 aromatic carbocycles. The fourth-order valence-electron chi connectivity index (χ4n) is 2.38. The Hall–Kier alpha value is -2.73. The molecule has 28 heavy (non-hydrogen) atoms. The van der Waals surface area contributed by atoms with Gasteiger partial charge in [0.05, 0.1) is 0 Å². The van der Waals surface area contributed by atoms with Gasteiger partial charge in [0.1, 0.15) is 12.7 Å². The maximum absolute atomic E-state index is 11.6. The highest BCUT2D eigenvalue weighted by Crippen LogP contribution is 2.30. The smallest absolute Gasteiger partial charge is 0.339 e. The molecule has 0 aromatic rings. The predicted octanol–water partition coefficient (Wildman–Crippen LogP) is -0.436. The highest BCUT2D eigenvalue weighted by molar-refractivity contribution is 5.68. The molecule has 5 atom stereocenters. The SMILES string of the molecule is CC(=O)OC[C@H]1O[C@@H](OOC(C)=O)[C@H](OC(C)=O)[C@@H](OC(C)=O)[C@@H]1OC(C)=O. The van der Waals surface area contributed by atoms with Crippen molar-refractivity contribution >= 4 is 29.8 Å². The van der Waals surface area contributed by atoms with Crippen molar-refractivity contribution in [2.75, 3.05) is 6.61 Å². The molecule has 0 bridgehead atoms. The fraction of sp³-hybridized carbons (Fsp3) is 0.688. The van der Waals surface area contributed by atoms with E-state index in [4.69, 9.17) is 28.6 Å². The molecule has 0 saturated carbocycles. The molecule has 158 valence electrons. The molecule has 12 heteroatoms. The lowest BCUT2D eigenvalue weighted by Crippen LogP contribution is -2.63. The Morgan fingerprint density at radius 1 is 0.679 bits per heavy atom. The molecule has 1 heterocycles. The number of rotatable bonds is 7. The van der Waals surface area contributed by atoms with Crippen molar-refractivity contribution in [1.29, 1.82) is 0 Å². The van der Waals surface area contributed by atoms with E-state index in [1.165, 1.54) is 0 Å². The summed E-state index contributed by atoms with van der Waals surface area (Å²) in [6.45, 7) is 5.01. The number of carbonyl (C=O) groups excluding carboxylic acids is 5. The van der Waals surface area contributed by atoms with E-state index < -0.39 is 67.2 Å². The minimum absolute atomic E-state index is 0.419. The summed E-state index contributed by atoms with van der Waals surface area (Å²) in [5, 5.41) is 0. The minimum atomic E-state index is -1.57. The molecule has 1 rings (SSSR count). The number of hydrogen-bond acceptors (Lipinski definition) is 12. The first-order valence-corrected chi connectivity index (χ1v) is 8.15. The van der Waals surface area contributed by atoms with Crippen molar-refractivity contribution in [3.63, 3.8) is 0 Å². The molecular weight excluding hydrogens is 384 g/mol. The van der Waals surface area contributed by atoms with Crippen LogP contribution in [0, 0.1) is 0 Å². The van der Waals surface area contributed by atoms with E-state index in [-0.39, 0.29) is 0 Å². The predicted molar refractivity (Wildman–Crippen MR) is 84.8 cm³/mol. The minimum Gasteiger partial charge on any atom is -0.463 e. The number of ether oxygens (including phenoxy) is 5. The van der Waals surface area contributed by atoms with E-state index in [9.17, 15) is 24.0 Å². The summed E-state index contributed by atoms with van der Waals surface area (Å²) in [5.41, 5.74) is 0. The Kier molecular flexibility index (Phi) is 8.79. The van der Waals surface area contributed by atoms with Crippen LogP contribution in [0.2, 0.25) is 0 Å². The van der Waals surface area contributed by atoms with E-state index in [1.807, 2.05) is 0 Å². The van der Waals surface area contributed by atoms with Gasteiger partial charge in [0.15, 0.2) is 18.3 Å². The molecule has 0 aliphatic carbocycles. The van der Waals surface area contributed by atoms with Crippen LogP contribution in [0.15, 0.2) is 0 Å². The topological polar surface area (TPSA) is 150 Å². The third kappa shape index (κ3) is 7.48. The standard InChI is InChI=1S/C16H22O12/c1-7(17)22-6-12-13(23-8(2)18)14(24-9(3)19)15(25-10(4)20)16(26-12)28-27-11(5)21/h12-16H,6H2,1-5H3/t12-,13-,14+,15-,16+/m1/s1. The van der Waals surface area contributed by atoms with E-state index in [1.54, 1.807) is 0 Å². The van der Waals surface area contributed by atoms with Gasteiger partial charge >= 0.3 is 29.8 Å². The lowest BCUT2D eigenvalue weighted by Gasteiger charge is -2.43. The van der Waals surface area contributed by atoms with Crippen LogP contribution in [-0.2, 0) is 57.4 Å². The van der Waals surface area contributed by atoms with E-state index in [0.29, 0.717) is 0 Å². The van der Waals surface area contributed by atoms with Gasteiger partial charge in [-0.3, -0.25) is 24.1 Å². The van der Waals surface area contributed by atoms with Crippen LogP contribution < -0.4 is 0 Å². The molecule has 1 aliphatic rings. The van der Waals surface area contributed by atoms with E-state index >= 15 is 0 Å². The lowest BCUT2D eigenvalue weighted by atomic mass is 9.98. The Bertz CT molecular complexity index is 571. The Morgan fingerprint density at radius 2 is 1.18 bits per heavy atom. The zero-order valence-electron chi connectivity index (χ0n) is 16.0. The van der Waals surface area contributed by atoms with E-state index in [2.05, 4.69) is 4.89 Å². The molecular formula is C16H22O12. The second-order valence-corrected chi connectivity index (χ2v) is 5.74. The molecule has 0 amide bonds. The Labute approximate surface area is 160 Å². The number of carbonyl (C=O) groups is 5. The van der Waals surface area contributed by atoms with Crippen LogP contribution in [-0.4, -0.2) is 67.2 Å². The van der Waals surface area contributed by atoms with Crippen LogP contribution in [0.4, 0.5) is 0 Å². The molecule has 12 nitrogen and oxygen atoms in total. The van der Waals surface area contributed by atoms with Gasteiger partial charge in [0.25, 0.3) is 0 Å². The van der Waals surface area contributed by atoms with Crippen molar-refractivity contribution in [2.24, 2.45) is 0 Å². The third-order valence-electron chi connectivity index (χ3n) is 3.21. The summed E-state index contributed by atoms with van der Waals surface area (Å²) in [6.07, 6.45) is -6.94. The fourth-order valence-corrected chi connectivity index (χ4v) is 2.38. The van der Waals surface area contributed by atoms with Crippen LogP contribution >= 0.6 is 0 Å². The quantitative estimate of drug-likeness (QED) is 0.233. The maximum Gasteiger partial charge on any atom is 0.339 e. The molecule has 0 aromatic heterocycles. The highest BCUT2D eigenvalue weighted by Gasteiger charge is 2.53. The van der Waals surface area contributed by atoms with Gasteiger partial charge in [-0.25, -0.2) is 4.79 Å². The van der Waals surface area contributed by atoms with Gasteiger partial charge in [0, 0.05) is 34.6 Å². The van der Waals surface area contributed by atoms with Crippen molar-refractivity contribution in [3.8, 4) is 0 Å². The largest absolute Gasteiger partial charge is 0.463 e. The van der Waals surface area contributed by atoms with Crippen LogP contribution in [0.3, 0.4) is 0 Å². The van der Waals surface area contributed by atoms with Crippen molar-refractivity contribution < 1.29 is 57.4 Å². The number of hydrogen-bond donors (Lipinski definition) is 0. The van der Waals surface area contributed by atoms with Crippen molar-refractivity contribution in [1.82, 2.24) is 0 Å². The van der Waals surface area contributed by atoms with E-state index in [0.717, 1.165) is 34.6 Å². The zero-order chi connectivity index (χ0) is 21.4. The van der Waals surface area contributed by atoms with Gasteiger partial charge in [-0.05, 0) is 0 Å². The second-order valence-electron chi connectivity index (χ2n) is 5.74. The lowest BCUT2D eigenvalue weighted by molar-refractivity contribution is -0.404. The maximum atomic E-state index is 11.6. The van der Waals surface area contributed by atoms with Crippen LogP contribution in [0.25, 0.3) is 0 Å². The van der Waals surface area contributed by atoms with Gasteiger partial charge in [-0.15, -0.1) is 4.89 Å². The van der Waals surface area contributed by atoms with Gasteiger partial charge in [-0.2, -0.15) is 0 Å². The molecule has 1 aliphatic heterocycles. The van der Waals surface area contributed by atoms with Crippen molar-refractivity contribution in [3.05, 3.63) is 0 Å². The summed E-state index contributed by atoms with van der Waals surface area (Å²) >= 11 is 0. The van der Waals surface area contributed by atoms with Crippen LogP contribution in [0.1, 0.15) is 34.6 Å². The Morgan fingerprint density at radius 3 is 1.64 bits per heavy atom. The molecule has 0 radical (unpaired) electrons. The first-order chi connectivity index (χ1) is 13.0. The molecule has 1 fully saturated rings. The summed E-state index contributed by atoms with van der Waals surface area (Å²) < 4.78 is 25.8. The van der Waals surface area contributed by atoms with Gasteiger partial charge in [0.2, 0.25) is 6.29 Å². The average molecular weight is 406 g/mol. The molecule has 0 unspecified atom stereocenters. The first kappa shape index (κ1) is 23.3. The molecule has 0 N–H and O–H groups in total. The molecule has 0 spiro atoms.